The molecule has 0 unspecified atom stereocenters. The minimum atomic E-state index is -4.55. The molecule has 1 N–H and O–H groups in total. The lowest BCUT2D eigenvalue weighted by Crippen LogP contribution is -2.18. The first-order valence-electron chi connectivity index (χ1n) is 6.98. The highest BCUT2D eigenvalue weighted by molar-refractivity contribution is 6.19. The number of benzodiazepines with no additional fused rings is 1. The van der Waals surface area contributed by atoms with E-state index in [0.717, 1.165) is 11.6 Å². The van der Waals surface area contributed by atoms with E-state index in [4.69, 9.17) is 0 Å². The molecule has 1 amide bonds. The van der Waals surface area contributed by atoms with Crippen LogP contribution in [0.3, 0.4) is 0 Å². The average Bonchev–Trinajstić information content (AvgIpc) is 2.64. The second kappa shape index (κ2) is 5.53. The van der Waals surface area contributed by atoms with Gasteiger partial charge in [0, 0.05) is 11.1 Å². The monoisotopic (exact) mass is 318 g/mol. The van der Waals surface area contributed by atoms with Gasteiger partial charge < -0.3 is 5.32 Å². The number of para-hydroxylation sites is 1. The van der Waals surface area contributed by atoms with Crippen LogP contribution in [0, 0.1) is 6.92 Å². The van der Waals surface area contributed by atoms with E-state index in [1.54, 1.807) is 12.1 Å². The highest BCUT2D eigenvalue weighted by Gasteiger charge is 2.36. The number of rotatable bonds is 1. The molecule has 0 saturated heterocycles. The summed E-state index contributed by atoms with van der Waals surface area (Å²) in [7, 11) is 0. The molecular formula is C17H13F3N2O. The van der Waals surface area contributed by atoms with Crippen molar-refractivity contribution in [3.05, 3.63) is 64.7 Å². The maximum atomic E-state index is 13.2. The number of aryl methyl sites for hydroxylation is 1. The zero-order valence-corrected chi connectivity index (χ0v) is 12.2. The lowest BCUT2D eigenvalue weighted by atomic mass is 9.96. The van der Waals surface area contributed by atoms with Gasteiger partial charge in [0.05, 0.1) is 17.0 Å². The molecule has 0 atom stereocenters. The van der Waals surface area contributed by atoms with Gasteiger partial charge in [-0.2, -0.15) is 13.2 Å². The smallest absolute Gasteiger partial charge is 0.323 e. The molecule has 3 nitrogen and oxygen atoms in total. The summed E-state index contributed by atoms with van der Waals surface area (Å²) in [6.07, 6.45) is -4.55. The molecule has 2 aromatic rings. The lowest BCUT2D eigenvalue weighted by Gasteiger charge is -2.16. The molecule has 0 aliphatic carbocycles. The van der Waals surface area contributed by atoms with E-state index >= 15 is 0 Å². The summed E-state index contributed by atoms with van der Waals surface area (Å²) in [6.45, 7) is 1.67. The number of hydrogen-bond donors (Lipinski definition) is 1. The van der Waals surface area contributed by atoms with Gasteiger partial charge in [-0.05, 0) is 19.1 Å². The van der Waals surface area contributed by atoms with Gasteiger partial charge in [0.25, 0.3) is 0 Å². The predicted molar refractivity (Wildman–Crippen MR) is 81.8 cm³/mol. The maximum absolute atomic E-state index is 13.2. The van der Waals surface area contributed by atoms with Crippen molar-refractivity contribution in [1.29, 1.82) is 0 Å². The van der Waals surface area contributed by atoms with Crippen LogP contribution in [0.2, 0.25) is 0 Å². The third kappa shape index (κ3) is 2.97. The number of nitrogens with zero attached hydrogens (tertiary/aromatic N) is 1. The Balaban J connectivity index is 2.24. The Labute approximate surface area is 130 Å². The summed E-state index contributed by atoms with van der Waals surface area (Å²) in [5.41, 5.74) is 1.20. The molecule has 1 aliphatic rings. The molecule has 23 heavy (non-hydrogen) atoms. The van der Waals surface area contributed by atoms with Crippen LogP contribution in [0.1, 0.15) is 22.3 Å². The lowest BCUT2D eigenvalue weighted by molar-refractivity contribution is -0.137. The number of anilines is 1. The minimum absolute atomic E-state index is 0.213. The number of benzene rings is 2. The zero-order chi connectivity index (χ0) is 16.6. The number of nitrogens with one attached hydrogen (secondary N) is 1. The fourth-order valence-electron chi connectivity index (χ4n) is 2.57. The van der Waals surface area contributed by atoms with Gasteiger partial charge in [0.1, 0.15) is 6.54 Å². The first kappa shape index (κ1) is 15.3. The Morgan fingerprint density at radius 3 is 2.57 bits per heavy atom. The van der Waals surface area contributed by atoms with Crippen molar-refractivity contribution in [1.82, 2.24) is 0 Å². The molecular weight excluding hydrogens is 305 g/mol. The van der Waals surface area contributed by atoms with Crippen molar-refractivity contribution in [3.8, 4) is 0 Å². The summed E-state index contributed by atoms with van der Waals surface area (Å²) in [4.78, 5) is 16.0. The van der Waals surface area contributed by atoms with E-state index in [0.29, 0.717) is 11.3 Å². The molecule has 3 rings (SSSR count). The fraction of sp³-hybridized carbons (Fsp3) is 0.176. The Morgan fingerprint density at radius 2 is 1.87 bits per heavy atom. The number of amides is 1. The molecule has 2 aromatic carbocycles. The SMILES string of the molecule is Cc1cccc(C2=NCC(=O)Nc3c2cccc3C(F)(F)F)c1. The predicted octanol–water partition coefficient (Wildman–Crippen LogP) is 3.80. The Morgan fingerprint density at radius 1 is 1.13 bits per heavy atom. The molecule has 118 valence electrons. The van der Waals surface area contributed by atoms with Crippen LogP contribution in [-0.4, -0.2) is 18.2 Å². The number of halogens is 3. The van der Waals surface area contributed by atoms with Crippen LogP contribution < -0.4 is 5.32 Å². The number of fused-ring (bicyclic) bond motifs is 1. The molecule has 0 saturated carbocycles. The number of carbonyl (C=O) groups excluding carboxylic acids is 1. The average molecular weight is 318 g/mol. The van der Waals surface area contributed by atoms with E-state index in [1.165, 1.54) is 12.1 Å². The normalized spacial score (nSPS) is 14.6. The van der Waals surface area contributed by atoms with E-state index < -0.39 is 17.6 Å². The number of alkyl halides is 3. The zero-order valence-electron chi connectivity index (χ0n) is 12.2. The van der Waals surface area contributed by atoms with Crippen LogP contribution in [-0.2, 0) is 11.0 Å². The molecule has 1 heterocycles. The van der Waals surface area contributed by atoms with Crippen molar-refractivity contribution in [3.63, 3.8) is 0 Å². The van der Waals surface area contributed by atoms with Crippen molar-refractivity contribution >= 4 is 17.3 Å². The molecule has 0 radical (unpaired) electrons. The van der Waals surface area contributed by atoms with Gasteiger partial charge >= 0.3 is 6.18 Å². The molecule has 0 bridgehead atoms. The van der Waals surface area contributed by atoms with Crippen LogP contribution >= 0.6 is 0 Å². The molecule has 0 aromatic heterocycles. The van der Waals surface area contributed by atoms with Crippen LogP contribution in [0.15, 0.2) is 47.5 Å². The van der Waals surface area contributed by atoms with Gasteiger partial charge in [-0.25, -0.2) is 0 Å². The summed E-state index contributed by atoms with van der Waals surface area (Å²) >= 11 is 0. The molecule has 0 spiro atoms. The van der Waals surface area contributed by atoms with Gasteiger partial charge in [0.2, 0.25) is 5.91 Å². The summed E-state index contributed by atoms with van der Waals surface area (Å²) in [6, 6.07) is 11.1. The van der Waals surface area contributed by atoms with E-state index in [-0.39, 0.29) is 17.8 Å². The topological polar surface area (TPSA) is 41.5 Å². The van der Waals surface area contributed by atoms with E-state index in [9.17, 15) is 18.0 Å². The van der Waals surface area contributed by atoms with Crippen molar-refractivity contribution < 1.29 is 18.0 Å². The third-order valence-electron chi connectivity index (χ3n) is 3.56. The number of aliphatic imine (C=N–C) groups is 1. The summed E-state index contributed by atoms with van der Waals surface area (Å²) < 4.78 is 39.7. The first-order valence-corrected chi connectivity index (χ1v) is 6.98. The fourth-order valence-corrected chi connectivity index (χ4v) is 2.57. The molecule has 1 aliphatic heterocycles. The number of carbonyl (C=O) groups is 1. The Hall–Kier alpha value is -2.63. The highest BCUT2D eigenvalue weighted by Crippen LogP contribution is 2.38. The summed E-state index contributed by atoms with van der Waals surface area (Å²) in [5, 5.41) is 2.34. The van der Waals surface area contributed by atoms with Gasteiger partial charge in [-0.15, -0.1) is 0 Å². The molecule has 0 fully saturated rings. The van der Waals surface area contributed by atoms with E-state index in [2.05, 4.69) is 10.3 Å². The Bertz CT molecular complexity index is 810. The van der Waals surface area contributed by atoms with Crippen molar-refractivity contribution in [2.45, 2.75) is 13.1 Å². The quantitative estimate of drug-likeness (QED) is 0.853. The van der Waals surface area contributed by atoms with Gasteiger partial charge in [-0.1, -0.05) is 35.9 Å². The summed E-state index contributed by atoms with van der Waals surface area (Å²) in [5.74, 6) is -0.564. The van der Waals surface area contributed by atoms with Crippen LogP contribution in [0.4, 0.5) is 18.9 Å². The third-order valence-corrected chi connectivity index (χ3v) is 3.56. The second-order valence-corrected chi connectivity index (χ2v) is 5.31. The van der Waals surface area contributed by atoms with E-state index in [1.807, 2.05) is 19.1 Å². The molecule has 6 heteroatoms. The van der Waals surface area contributed by atoms with Crippen molar-refractivity contribution in [2.75, 3.05) is 11.9 Å². The number of hydrogen-bond acceptors (Lipinski definition) is 2. The highest BCUT2D eigenvalue weighted by atomic mass is 19.4. The largest absolute Gasteiger partial charge is 0.418 e. The minimum Gasteiger partial charge on any atom is -0.323 e. The van der Waals surface area contributed by atoms with Crippen LogP contribution in [0.25, 0.3) is 0 Å². The van der Waals surface area contributed by atoms with Gasteiger partial charge in [0.15, 0.2) is 0 Å². The Kier molecular flexibility index (Phi) is 3.67. The van der Waals surface area contributed by atoms with Crippen LogP contribution in [0.5, 0.6) is 0 Å². The maximum Gasteiger partial charge on any atom is 0.418 e. The first-order chi connectivity index (χ1) is 10.9. The van der Waals surface area contributed by atoms with Gasteiger partial charge in [-0.3, -0.25) is 9.79 Å². The van der Waals surface area contributed by atoms with Crippen molar-refractivity contribution in [2.24, 2.45) is 4.99 Å². The standard InChI is InChI=1S/C17H13F3N2O/c1-10-4-2-5-11(8-10)15-12-6-3-7-13(17(18,19)20)16(12)22-14(23)9-21-15/h2-8H,9H2,1H3,(H,22,23). The second-order valence-electron chi connectivity index (χ2n) is 5.31.